The number of carbonyl (C=O) groups is 2. The van der Waals surface area contributed by atoms with E-state index in [2.05, 4.69) is 5.32 Å². The molecule has 1 rings (SSSR count). The largest absolute Gasteiger partial charge is 0.445 e. The van der Waals surface area contributed by atoms with E-state index in [1.807, 2.05) is 44.2 Å². The van der Waals surface area contributed by atoms with Crippen molar-refractivity contribution in [2.24, 2.45) is 5.92 Å². The molecule has 1 amide bonds. The fraction of sp³-hybridized carbons (Fsp3) is 0.429. The normalized spacial score (nSPS) is 13.8. The molecule has 0 radical (unpaired) electrons. The highest BCUT2D eigenvalue weighted by Crippen LogP contribution is 2.13. The van der Waals surface area contributed by atoms with Crippen LogP contribution in [0.4, 0.5) is 4.79 Å². The number of alkyl carbamates (subject to hydrolysis) is 1. The molecule has 1 aromatic rings. The first-order valence-corrected chi connectivity index (χ1v) is 5.93. The highest BCUT2D eigenvalue weighted by atomic mass is 16.5. The lowest BCUT2D eigenvalue weighted by molar-refractivity contribution is -0.114. The first-order valence-electron chi connectivity index (χ1n) is 5.93. The van der Waals surface area contributed by atoms with Crippen LogP contribution >= 0.6 is 0 Å². The van der Waals surface area contributed by atoms with Gasteiger partial charge in [0.25, 0.3) is 0 Å². The van der Waals surface area contributed by atoms with Crippen LogP contribution in [0.2, 0.25) is 0 Å². The molecule has 1 N–H and O–H groups in total. The van der Waals surface area contributed by atoms with E-state index in [1.54, 1.807) is 6.92 Å². The first kappa shape index (κ1) is 14.2. The summed E-state index contributed by atoms with van der Waals surface area (Å²) in [4.78, 5) is 22.6. The smallest absolute Gasteiger partial charge is 0.408 e. The highest BCUT2D eigenvalue weighted by Gasteiger charge is 2.30. The maximum atomic E-state index is 11.6. The summed E-state index contributed by atoms with van der Waals surface area (Å²) in [5.41, 5.74) is 0.0123. The van der Waals surface area contributed by atoms with Gasteiger partial charge in [0.05, 0.1) is 5.54 Å². The van der Waals surface area contributed by atoms with Crippen LogP contribution in [0.5, 0.6) is 0 Å². The molecular formula is C14H19NO3. The third-order valence-corrected chi connectivity index (χ3v) is 3.03. The Kier molecular flexibility index (Phi) is 4.89. The monoisotopic (exact) mass is 249 g/mol. The van der Waals surface area contributed by atoms with E-state index in [9.17, 15) is 9.59 Å². The van der Waals surface area contributed by atoms with Crippen molar-refractivity contribution in [3.05, 3.63) is 35.9 Å². The molecule has 0 heterocycles. The van der Waals surface area contributed by atoms with Crippen LogP contribution in [-0.2, 0) is 16.1 Å². The zero-order valence-electron chi connectivity index (χ0n) is 11.0. The van der Waals surface area contributed by atoms with Gasteiger partial charge in [-0.25, -0.2) is 4.79 Å². The van der Waals surface area contributed by atoms with Crippen LogP contribution < -0.4 is 5.32 Å². The van der Waals surface area contributed by atoms with Gasteiger partial charge in [0.1, 0.15) is 12.9 Å². The Morgan fingerprint density at radius 2 is 2.00 bits per heavy atom. The van der Waals surface area contributed by atoms with Crippen molar-refractivity contribution in [3.8, 4) is 0 Å². The number of rotatable bonds is 5. The Hall–Kier alpha value is -1.84. The highest BCUT2D eigenvalue weighted by molar-refractivity contribution is 5.76. The second kappa shape index (κ2) is 6.19. The van der Waals surface area contributed by atoms with Crippen molar-refractivity contribution in [1.29, 1.82) is 0 Å². The fourth-order valence-corrected chi connectivity index (χ4v) is 1.29. The molecule has 0 fully saturated rings. The standard InChI is InChI=1S/C14H19NO3/c1-11(2)14(3,10-16)15-13(17)18-9-12-7-5-4-6-8-12/h4-8,10-11H,9H2,1-3H3,(H,15,17)/t14-/m1/s1. The minimum Gasteiger partial charge on any atom is -0.445 e. The Morgan fingerprint density at radius 1 is 1.39 bits per heavy atom. The first-order chi connectivity index (χ1) is 8.48. The predicted molar refractivity (Wildman–Crippen MR) is 69.1 cm³/mol. The average Bonchev–Trinajstić information content (AvgIpc) is 2.37. The number of carbonyl (C=O) groups excluding carboxylic acids is 2. The van der Waals surface area contributed by atoms with Crippen molar-refractivity contribution in [2.75, 3.05) is 0 Å². The third kappa shape index (κ3) is 3.87. The molecule has 0 saturated carbocycles. The second-order valence-electron chi connectivity index (χ2n) is 4.74. The molecule has 0 unspecified atom stereocenters. The van der Waals surface area contributed by atoms with Crippen molar-refractivity contribution in [3.63, 3.8) is 0 Å². The van der Waals surface area contributed by atoms with Crippen LogP contribution in [-0.4, -0.2) is 17.9 Å². The maximum Gasteiger partial charge on any atom is 0.408 e. The molecular weight excluding hydrogens is 230 g/mol. The molecule has 0 saturated heterocycles. The molecule has 0 aliphatic rings. The third-order valence-electron chi connectivity index (χ3n) is 3.03. The van der Waals surface area contributed by atoms with Gasteiger partial charge in [-0.05, 0) is 18.4 Å². The minimum atomic E-state index is -0.895. The van der Waals surface area contributed by atoms with Gasteiger partial charge in [-0.1, -0.05) is 44.2 Å². The fourth-order valence-electron chi connectivity index (χ4n) is 1.29. The summed E-state index contributed by atoms with van der Waals surface area (Å²) >= 11 is 0. The van der Waals surface area contributed by atoms with E-state index >= 15 is 0 Å². The number of benzene rings is 1. The average molecular weight is 249 g/mol. The summed E-state index contributed by atoms with van der Waals surface area (Å²) in [7, 11) is 0. The molecule has 0 aromatic heterocycles. The minimum absolute atomic E-state index is 0.000671. The summed E-state index contributed by atoms with van der Waals surface area (Å²) in [5, 5.41) is 2.58. The van der Waals surface area contributed by atoms with Crippen molar-refractivity contribution in [1.82, 2.24) is 5.32 Å². The quantitative estimate of drug-likeness (QED) is 0.816. The number of nitrogens with one attached hydrogen (secondary N) is 1. The number of amides is 1. The molecule has 4 nitrogen and oxygen atoms in total. The molecule has 18 heavy (non-hydrogen) atoms. The van der Waals surface area contributed by atoms with Crippen molar-refractivity contribution < 1.29 is 14.3 Å². The molecule has 1 aromatic carbocycles. The number of ether oxygens (including phenoxy) is 1. The van der Waals surface area contributed by atoms with Gasteiger partial charge in [0, 0.05) is 0 Å². The summed E-state index contributed by atoms with van der Waals surface area (Å²) in [6.07, 6.45) is 0.156. The van der Waals surface area contributed by atoms with Gasteiger partial charge in [0.2, 0.25) is 0 Å². The van der Waals surface area contributed by atoms with Crippen LogP contribution in [0, 0.1) is 5.92 Å². The van der Waals surface area contributed by atoms with Crippen LogP contribution in [0.3, 0.4) is 0 Å². The SMILES string of the molecule is CC(C)[C@@](C)(C=O)NC(=O)OCc1ccccc1. The zero-order valence-corrected chi connectivity index (χ0v) is 11.0. The van der Waals surface area contributed by atoms with Crippen LogP contribution in [0.25, 0.3) is 0 Å². The molecule has 0 bridgehead atoms. The number of hydrogen-bond acceptors (Lipinski definition) is 3. The van der Waals surface area contributed by atoms with Gasteiger partial charge < -0.3 is 14.8 Å². The van der Waals surface area contributed by atoms with E-state index in [0.717, 1.165) is 11.8 Å². The molecule has 98 valence electrons. The van der Waals surface area contributed by atoms with E-state index in [4.69, 9.17) is 4.74 Å². The Labute approximate surface area is 107 Å². The lowest BCUT2D eigenvalue weighted by Crippen LogP contribution is -2.51. The van der Waals surface area contributed by atoms with E-state index in [0.29, 0.717) is 0 Å². The predicted octanol–water partition coefficient (Wildman–Crippen LogP) is 2.53. The number of aldehydes is 1. The Bertz CT molecular complexity index is 403. The second-order valence-corrected chi connectivity index (χ2v) is 4.74. The molecule has 0 aliphatic carbocycles. The van der Waals surface area contributed by atoms with Crippen LogP contribution in [0.15, 0.2) is 30.3 Å². The molecule has 0 aliphatic heterocycles. The van der Waals surface area contributed by atoms with Gasteiger partial charge in [-0.15, -0.1) is 0 Å². The maximum absolute atomic E-state index is 11.6. The zero-order chi connectivity index (χ0) is 13.6. The molecule has 1 atom stereocenters. The van der Waals surface area contributed by atoms with Crippen LogP contribution in [0.1, 0.15) is 26.3 Å². The lowest BCUT2D eigenvalue weighted by atomic mass is 9.90. The molecule has 0 spiro atoms. The van der Waals surface area contributed by atoms with E-state index in [-0.39, 0.29) is 12.5 Å². The summed E-state index contributed by atoms with van der Waals surface area (Å²) in [5.74, 6) is -0.000671. The van der Waals surface area contributed by atoms with Gasteiger partial charge in [-0.2, -0.15) is 0 Å². The summed E-state index contributed by atoms with van der Waals surface area (Å²) in [6, 6.07) is 9.38. The van der Waals surface area contributed by atoms with Gasteiger partial charge in [-0.3, -0.25) is 0 Å². The number of hydrogen-bond donors (Lipinski definition) is 1. The van der Waals surface area contributed by atoms with E-state index < -0.39 is 11.6 Å². The van der Waals surface area contributed by atoms with E-state index in [1.165, 1.54) is 0 Å². The Morgan fingerprint density at radius 3 is 2.50 bits per heavy atom. The van der Waals surface area contributed by atoms with Crippen molar-refractivity contribution in [2.45, 2.75) is 32.9 Å². The summed E-state index contributed by atoms with van der Waals surface area (Å²) in [6.45, 7) is 5.60. The molecule has 4 heteroatoms. The topological polar surface area (TPSA) is 55.4 Å². The van der Waals surface area contributed by atoms with Gasteiger partial charge in [0.15, 0.2) is 0 Å². The lowest BCUT2D eigenvalue weighted by Gasteiger charge is -2.28. The van der Waals surface area contributed by atoms with Crippen molar-refractivity contribution >= 4 is 12.4 Å². The Balaban J connectivity index is 2.49. The van der Waals surface area contributed by atoms with Gasteiger partial charge >= 0.3 is 6.09 Å². The summed E-state index contributed by atoms with van der Waals surface area (Å²) < 4.78 is 5.07.